The summed E-state index contributed by atoms with van der Waals surface area (Å²) in [6, 6.07) is 0. The average Bonchev–Trinajstić information content (AvgIpc) is 2.33. The van der Waals surface area contributed by atoms with E-state index in [0.29, 0.717) is 0 Å². The van der Waals surface area contributed by atoms with E-state index in [-0.39, 0.29) is 5.54 Å². The number of hydrogen-bond donors (Lipinski definition) is 2. The minimum atomic E-state index is 0.157. The van der Waals surface area contributed by atoms with Crippen molar-refractivity contribution in [3.8, 4) is 0 Å². The SMILES string of the molecule is COCCNC1=NCCNC12CCCCC2. The lowest BCUT2D eigenvalue weighted by atomic mass is 9.79. The molecule has 0 radical (unpaired) electrons. The van der Waals surface area contributed by atoms with Gasteiger partial charge in [-0.15, -0.1) is 0 Å². The first-order valence-electron chi connectivity index (χ1n) is 6.40. The Bertz CT molecular complexity index is 247. The van der Waals surface area contributed by atoms with Crippen LogP contribution in [0.3, 0.4) is 0 Å². The number of rotatable bonds is 3. The molecule has 0 bridgehead atoms. The van der Waals surface area contributed by atoms with Crippen LogP contribution in [-0.4, -0.2) is 44.7 Å². The van der Waals surface area contributed by atoms with Crippen LogP contribution in [0.1, 0.15) is 32.1 Å². The number of nitrogens with zero attached hydrogens (tertiary/aromatic N) is 1. The van der Waals surface area contributed by atoms with Gasteiger partial charge in [0.05, 0.1) is 18.7 Å². The predicted octanol–water partition coefficient (Wildman–Crippen LogP) is 0.927. The third kappa shape index (κ3) is 2.55. The Morgan fingerprint density at radius 3 is 2.94 bits per heavy atom. The number of methoxy groups -OCH3 is 1. The zero-order valence-corrected chi connectivity index (χ0v) is 10.2. The molecule has 4 heteroatoms. The average molecular weight is 225 g/mol. The van der Waals surface area contributed by atoms with Gasteiger partial charge in [-0.3, -0.25) is 4.99 Å². The molecule has 2 aliphatic rings. The molecule has 2 N–H and O–H groups in total. The van der Waals surface area contributed by atoms with Crippen molar-refractivity contribution in [3.63, 3.8) is 0 Å². The lowest BCUT2D eigenvalue weighted by molar-refractivity contribution is 0.202. The Morgan fingerprint density at radius 1 is 1.38 bits per heavy atom. The van der Waals surface area contributed by atoms with Crippen LogP contribution < -0.4 is 10.6 Å². The summed E-state index contributed by atoms with van der Waals surface area (Å²) >= 11 is 0. The maximum absolute atomic E-state index is 5.07. The fraction of sp³-hybridized carbons (Fsp3) is 0.917. The van der Waals surface area contributed by atoms with Crippen molar-refractivity contribution in [2.75, 3.05) is 33.4 Å². The van der Waals surface area contributed by atoms with Crippen molar-refractivity contribution in [1.29, 1.82) is 0 Å². The largest absolute Gasteiger partial charge is 0.383 e. The Hall–Kier alpha value is -0.610. The van der Waals surface area contributed by atoms with Gasteiger partial charge in [0.1, 0.15) is 5.84 Å². The molecule has 1 spiro atoms. The monoisotopic (exact) mass is 225 g/mol. The molecule has 92 valence electrons. The first-order chi connectivity index (χ1) is 7.87. The van der Waals surface area contributed by atoms with E-state index < -0.39 is 0 Å². The third-order valence-corrected chi connectivity index (χ3v) is 3.60. The lowest BCUT2D eigenvalue weighted by Gasteiger charge is -2.41. The van der Waals surface area contributed by atoms with Gasteiger partial charge in [0, 0.05) is 20.2 Å². The minimum absolute atomic E-state index is 0.157. The van der Waals surface area contributed by atoms with Gasteiger partial charge in [0.25, 0.3) is 0 Å². The second-order valence-corrected chi connectivity index (χ2v) is 4.72. The molecule has 0 aromatic heterocycles. The zero-order chi connectivity index (χ0) is 11.3. The Morgan fingerprint density at radius 2 is 2.19 bits per heavy atom. The van der Waals surface area contributed by atoms with Crippen molar-refractivity contribution in [1.82, 2.24) is 10.6 Å². The summed E-state index contributed by atoms with van der Waals surface area (Å²) in [6.07, 6.45) is 6.46. The van der Waals surface area contributed by atoms with Crippen LogP contribution in [0, 0.1) is 0 Å². The second-order valence-electron chi connectivity index (χ2n) is 4.72. The summed E-state index contributed by atoms with van der Waals surface area (Å²) in [6.45, 7) is 3.53. The van der Waals surface area contributed by atoms with Gasteiger partial charge in [0.15, 0.2) is 0 Å². The molecule has 1 aliphatic carbocycles. The van der Waals surface area contributed by atoms with Crippen molar-refractivity contribution in [2.24, 2.45) is 4.99 Å². The first-order valence-corrected chi connectivity index (χ1v) is 6.40. The maximum atomic E-state index is 5.07. The molecule has 0 saturated heterocycles. The van der Waals surface area contributed by atoms with Crippen LogP contribution in [0.4, 0.5) is 0 Å². The topological polar surface area (TPSA) is 45.6 Å². The fourth-order valence-electron chi connectivity index (χ4n) is 2.76. The van der Waals surface area contributed by atoms with Gasteiger partial charge >= 0.3 is 0 Å². The zero-order valence-electron chi connectivity index (χ0n) is 10.2. The Labute approximate surface area is 97.9 Å². The highest BCUT2D eigenvalue weighted by molar-refractivity contribution is 5.92. The highest BCUT2D eigenvalue weighted by Gasteiger charge is 2.38. The van der Waals surface area contributed by atoms with Gasteiger partial charge in [-0.05, 0) is 12.8 Å². The van der Waals surface area contributed by atoms with Gasteiger partial charge in [-0.2, -0.15) is 0 Å². The van der Waals surface area contributed by atoms with Crippen LogP contribution >= 0.6 is 0 Å². The number of aliphatic imine (C=N–C) groups is 1. The van der Waals surface area contributed by atoms with Gasteiger partial charge in [0.2, 0.25) is 0 Å². The van der Waals surface area contributed by atoms with E-state index in [1.165, 1.54) is 37.9 Å². The lowest BCUT2D eigenvalue weighted by Crippen LogP contribution is -2.61. The van der Waals surface area contributed by atoms with E-state index in [1.54, 1.807) is 7.11 Å². The Balaban J connectivity index is 1.97. The van der Waals surface area contributed by atoms with Gasteiger partial charge in [-0.25, -0.2) is 0 Å². The molecular weight excluding hydrogens is 202 g/mol. The van der Waals surface area contributed by atoms with Crippen molar-refractivity contribution >= 4 is 5.84 Å². The minimum Gasteiger partial charge on any atom is -0.383 e. The maximum Gasteiger partial charge on any atom is 0.117 e. The molecular formula is C12H23N3O. The third-order valence-electron chi connectivity index (χ3n) is 3.60. The van der Waals surface area contributed by atoms with Crippen LogP contribution in [0.5, 0.6) is 0 Å². The quantitative estimate of drug-likeness (QED) is 0.702. The standard InChI is InChI=1S/C12H23N3O/c1-16-10-9-14-11-12(15-8-7-13-11)5-3-2-4-6-12/h15H,2-10H2,1H3,(H,13,14). The smallest absolute Gasteiger partial charge is 0.117 e. The van der Waals surface area contributed by atoms with Crippen LogP contribution in [0.15, 0.2) is 4.99 Å². The van der Waals surface area contributed by atoms with Crippen molar-refractivity contribution < 1.29 is 4.74 Å². The van der Waals surface area contributed by atoms with E-state index >= 15 is 0 Å². The highest BCUT2D eigenvalue weighted by Crippen LogP contribution is 2.30. The number of hydrogen-bond acceptors (Lipinski definition) is 4. The molecule has 0 unspecified atom stereocenters. The molecule has 1 fully saturated rings. The van der Waals surface area contributed by atoms with Crippen molar-refractivity contribution in [2.45, 2.75) is 37.6 Å². The molecule has 0 aromatic rings. The van der Waals surface area contributed by atoms with E-state index in [4.69, 9.17) is 4.74 Å². The number of ether oxygens (including phenoxy) is 1. The first kappa shape index (κ1) is 11.9. The molecule has 0 amide bonds. The summed E-state index contributed by atoms with van der Waals surface area (Å²) in [4.78, 5) is 4.67. The van der Waals surface area contributed by atoms with E-state index in [2.05, 4.69) is 15.6 Å². The van der Waals surface area contributed by atoms with Crippen LogP contribution in [0.25, 0.3) is 0 Å². The summed E-state index contributed by atoms with van der Waals surface area (Å²) in [5.74, 6) is 1.18. The molecule has 1 aliphatic heterocycles. The summed E-state index contributed by atoms with van der Waals surface area (Å²) < 4.78 is 5.07. The van der Waals surface area contributed by atoms with E-state index in [9.17, 15) is 0 Å². The Kier molecular flexibility index (Phi) is 4.18. The molecule has 0 atom stereocenters. The van der Waals surface area contributed by atoms with Gasteiger partial charge in [-0.1, -0.05) is 19.3 Å². The van der Waals surface area contributed by atoms with Crippen molar-refractivity contribution in [3.05, 3.63) is 0 Å². The summed E-state index contributed by atoms with van der Waals surface area (Å²) in [7, 11) is 1.74. The summed E-state index contributed by atoms with van der Waals surface area (Å²) in [5.41, 5.74) is 0.157. The van der Waals surface area contributed by atoms with E-state index in [1.807, 2.05) is 0 Å². The normalized spacial score (nSPS) is 24.2. The highest BCUT2D eigenvalue weighted by atomic mass is 16.5. The molecule has 4 nitrogen and oxygen atoms in total. The molecule has 1 heterocycles. The number of amidine groups is 1. The van der Waals surface area contributed by atoms with Crippen LogP contribution in [-0.2, 0) is 4.74 Å². The molecule has 1 saturated carbocycles. The van der Waals surface area contributed by atoms with E-state index in [0.717, 1.165) is 26.2 Å². The summed E-state index contributed by atoms with van der Waals surface area (Å²) in [5, 5.41) is 7.12. The molecule has 0 aromatic carbocycles. The van der Waals surface area contributed by atoms with Crippen LogP contribution in [0.2, 0.25) is 0 Å². The van der Waals surface area contributed by atoms with Gasteiger partial charge < -0.3 is 15.4 Å². The molecule has 2 rings (SSSR count). The second kappa shape index (κ2) is 5.64. The molecule has 16 heavy (non-hydrogen) atoms. The fourth-order valence-corrected chi connectivity index (χ4v) is 2.76. The predicted molar refractivity (Wildman–Crippen MR) is 66.0 cm³/mol. The number of nitrogens with one attached hydrogen (secondary N) is 2.